The number of fused-ring (bicyclic) bond motifs is 3. The van der Waals surface area contributed by atoms with Gasteiger partial charge in [0.1, 0.15) is 10.3 Å². The van der Waals surface area contributed by atoms with Crippen molar-refractivity contribution in [2.24, 2.45) is 5.92 Å². The fraction of sp³-hybridized carbons (Fsp3) is 0.526. The molecule has 7 nitrogen and oxygen atoms in total. The number of nitrogens with zero attached hydrogens (tertiary/aromatic N) is 4. The maximum atomic E-state index is 14.9. The van der Waals surface area contributed by atoms with Gasteiger partial charge < -0.3 is 15.3 Å². The number of halogens is 4. The molecule has 0 bridgehead atoms. The van der Waals surface area contributed by atoms with Crippen LogP contribution in [0.4, 0.5) is 23.7 Å². The van der Waals surface area contributed by atoms with E-state index < -0.39 is 17.8 Å². The van der Waals surface area contributed by atoms with Crippen LogP contribution in [0.15, 0.2) is 16.9 Å². The van der Waals surface area contributed by atoms with E-state index in [1.807, 2.05) is 0 Å². The van der Waals surface area contributed by atoms with Crippen molar-refractivity contribution in [2.45, 2.75) is 51.2 Å². The third-order valence-corrected chi connectivity index (χ3v) is 6.29. The lowest BCUT2D eigenvalue weighted by atomic mass is 9.96. The highest BCUT2D eigenvalue weighted by Gasteiger charge is 2.44. The van der Waals surface area contributed by atoms with Crippen molar-refractivity contribution in [1.29, 1.82) is 0 Å². The molecule has 2 amide bonds. The highest BCUT2D eigenvalue weighted by Crippen LogP contribution is 2.42. The maximum Gasteiger partial charge on any atom is 0.322 e. The Kier molecular flexibility index (Phi) is 5.52. The summed E-state index contributed by atoms with van der Waals surface area (Å²) in [6, 6.07) is 0.426. The average Bonchev–Trinajstić information content (AvgIpc) is 2.99. The van der Waals surface area contributed by atoms with E-state index in [0.29, 0.717) is 17.7 Å². The molecule has 0 saturated carbocycles. The number of carbonyl (C=O) groups excluding carboxylic acids is 1. The van der Waals surface area contributed by atoms with E-state index in [2.05, 4.69) is 31.3 Å². The molecule has 2 aromatic rings. The number of alkyl halides is 2. The highest BCUT2D eigenvalue weighted by atomic mass is 79.9. The van der Waals surface area contributed by atoms with Gasteiger partial charge in [0, 0.05) is 49.7 Å². The van der Waals surface area contributed by atoms with Crippen LogP contribution in [0.5, 0.6) is 0 Å². The third kappa shape index (κ3) is 3.68. The van der Waals surface area contributed by atoms with Gasteiger partial charge >= 0.3 is 6.03 Å². The average molecular weight is 488 g/mol. The Morgan fingerprint density at radius 1 is 1.47 bits per heavy atom. The summed E-state index contributed by atoms with van der Waals surface area (Å²) in [6.45, 7) is 1.77. The SMILES string of the molecule is C[C@@H]1Cc2nn3c(c2CN1C(=O)Nc1ccnc(Br)c1F)C(F)(F)CC[C@H](CO)C3. The molecular formula is C19H21BrF3N5O2. The molecule has 0 aliphatic carbocycles. The number of aliphatic hydroxyl groups excluding tert-OH is 1. The van der Waals surface area contributed by atoms with Crippen molar-refractivity contribution in [3.05, 3.63) is 39.6 Å². The van der Waals surface area contributed by atoms with Crippen LogP contribution in [-0.2, 0) is 25.4 Å². The predicted molar refractivity (Wildman–Crippen MR) is 106 cm³/mol. The van der Waals surface area contributed by atoms with Crippen LogP contribution in [0.2, 0.25) is 0 Å². The number of anilines is 1. The first-order chi connectivity index (χ1) is 14.2. The summed E-state index contributed by atoms with van der Waals surface area (Å²) in [6.07, 6.45) is 1.47. The second-order valence-corrected chi connectivity index (χ2v) is 8.57. The van der Waals surface area contributed by atoms with Crippen LogP contribution in [0.25, 0.3) is 0 Å². The van der Waals surface area contributed by atoms with E-state index in [4.69, 9.17) is 0 Å². The zero-order chi connectivity index (χ0) is 21.6. The number of aliphatic hydroxyl groups is 1. The highest BCUT2D eigenvalue weighted by molar-refractivity contribution is 9.10. The van der Waals surface area contributed by atoms with Crippen molar-refractivity contribution >= 4 is 27.6 Å². The van der Waals surface area contributed by atoms with Gasteiger partial charge in [0.05, 0.1) is 17.9 Å². The molecule has 2 atom stereocenters. The van der Waals surface area contributed by atoms with E-state index in [1.54, 1.807) is 6.92 Å². The molecule has 0 spiro atoms. The molecule has 162 valence electrons. The molecule has 0 fully saturated rings. The second-order valence-electron chi connectivity index (χ2n) is 7.82. The summed E-state index contributed by atoms with van der Waals surface area (Å²) in [5, 5.41) is 16.4. The number of rotatable bonds is 2. The van der Waals surface area contributed by atoms with Crippen LogP contribution in [0, 0.1) is 11.7 Å². The fourth-order valence-corrected chi connectivity index (χ4v) is 4.43. The quantitative estimate of drug-likeness (QED) is 0.633. The first-order valence-corrected chi connectivity index (χ1v) is 10.5. The molecular weight excluding hydrogens is 467 g/mol. The molecule has 4 heterocycles. The first-order valence-electron chi connectivity index (χ1n) is 9.66. The van der Waals surface area contributed by atoms with Crippen molar-refractivity contribution in [3.63, 3.8) is 0 Å². The van der Waals surface area contributed by atoms with Crippen molar-refractivity contribution in [3.8, 4) is 0 Å². The molecule has 2 aliphatic rings. The molecule has 11 heteroatoms. The van der Waals surface area contributed by atoms with Crippen molar-refractivity contribution in [2.75, 3.05) is 11.9 Å². The van der Waals surface area contributed by atoms with E-state index in [9.17, 15) is 23.1 Å². The molecule has 2 aromatic heterocycles. The Balaban J connectivity index is 1.64. The molecule has 2 aliphatic heterocycles. The minimum Gasteiger partial charge on any atom is -0.396 e. The predicted octanol–water partition coefficient (Wildman–Crippen LogP) is 3.65. The lowest BCUT2D eigenvalue weighted by Crippen LogP contribution is -2.45. The number of hydrogen-bond acceptors (Lipinski definition) is 4. The Morgan fingerprint density at radius 3 is 2.97 bits per heavy atom. The van der Waals surface area contributed by atoms with Gasteiger partial charge in [0.2, 0.25) is 0 Å². The van der Waals surface area contributed by atoms with Crippen molar-refractivity contribution in [1.82, 2.24) is 19.7 Å². The number of pyridine rings is 1. The Morgan fingerprint density at radius 2 is 2.23 bits per heavy atom. The first kappa shape index (κ1) is 21.1. The topological polar surface area (TPSA) is 83.3 Å². The largest absolute Gasteiger partial charge is 0.396 e. The Labute approximate surface area is 179 Å². The smallest absolute Gasteiger partial charge is 0.322 e. The molecule has 4 rings (SSSR count). The summed E-state index contributed by atoms with van der Waals surface area (Å²) in [5.41, 5.74) is 0.640. The van der Waals surface area contributed by atoms with E-state index in [1.165, 1.54) is 21.8 Å². The van der Waals surface area contributed by atoms with E-state index in [0.717, 1.165) is 0 Å². The van der Waals surface area contributed by atoms with Crippen LogP contribution < -0.4 is 5.32 Å². The summed E-state index contributed by atoms with van der Waals surface area (Å²) < 4.78 is 45.3. The van der Waals surface area contributed by atoms with E-state index in [-0.39, 0.29) is 60.5 Å². The number of carbonyl (C=O) groups is 1. The minimum absolute atomic E-state index is 0.0330. The Bertz CT molecular complexity index is 983. The number of amides is 2. The lowest BCUT2D eigenvalue weighted by Gasteiger charge is -2.33. The van der Waals surface area contributed by atoms with Crippen LogP contribution in [0.1, 0.15) is 36.7 Å². The van der Waals surface area contributed by atoms with Gasteiger partial charge in [-0.15, -0.1) is 0 Å². The van der Waals surface area contributed by atoms with Gasteiger partial charge in [-0.2, -0.15) is 13.9 Å². The molecule has 0 radical (unpaired) electrons. The summed E-state index contributed by atoms with van der Waals surface area (Å²) >= 11 is 2.97. The van der Waals surface area contributed by atoms with Crippen LogP contribution in [0.3, 0.4) is 0 Å². The maximum absolute atomic E-state index is 14.9. The zero-order valence-electron chi connectivity index (χ0n) is 16.2. The van der Waals surface area contributed by atoms with Crippen LogP contribution >= 0.6 is 15.9 Å². The minimum atomic E-state index is -3.10. The molecule has 0 aromatic carbocycles. The van der Waals surface area contributed by atoms with Gasteiger partial charge in [0.15, 0.2) is 5.82 Å². The Hall–Kier alpha value is -2.14. The number of aromatic nitrogens is 3. The summed E-state index contributed by atoms with van der Waals surface area (Å²) in [4.78, 5) is 18.0. The van der Waals surface area contributed by atoms with Gasteiger partial charge in [-0.3, -0.25) is 4.68 Å². The number of hydrogen-bond donors (Lipinski definition) is 2. The standard InChI is InChI=1S/C19H21BrF3N5O2/c1-10-6-14-12(16-19(22,23)4-2-11(9-29)7-28(16)26-14)8-27(10)18(30)25-13-3-5-24-17(20)15(13)21/h3,5,10-11,29H,2,4,6-9H2,1H3,(H,24,25,30)/t10-,11+/m1/s1. The molecule has 30 heavy (non-hydrogen) atoms. The zero-order valence-corrected chi connectivity index (χ0v) is 17.8. The fourth-order valence-electron chi connectivity index (χ4n) is 4.10. The normalized spacial score (nSPS) is 22.8. The van der Waals surface area contributed by atoms with Gasteiger partial charge in [0.25, 0.3) is 5.92 Å². The third-order valence-electron chi connectivity index (χ3n) is 5.73. The number of urea groups is 1. The lowest BCUT2D eigenvalue weighted by molar-refractivity contribution is -0.0227. The van der Waals surface area contributed by atoms with Gasteiger partial charge in [-0.25, -0.2) is 14.2 Å². The summed E-state index contributed by atoms with van der Waals surface area (Å²) in [5.74, 6) is -4.10. The van der Waals surface area contributed by atoms with E-state index >= 15 is 0 Å². The monoisotopic (exact) mass is 487 g/mol. The number of nitrogens with one attached hydrogen (secondary N) is 1. The molecule has 0 saturated heterocycles. The second kappa shape index (κ2) is 7.84. The van der Waals surface area contributed by atoms with Crippen LogP contribution in [-0.4, -0.2) is 43.5 Å². The molecule has 0 unspecified atom stereocenters. The van der Waals surface area contributed by atoms with Gasteiger partial charge in [-0.1, -0.05) is 0 Å². The van der Waals surface area contributed by atoms with Gasteiger partial charge in [-0.05, 0) is 35.3 Å². The van der Waals surface area contributed by atoms with Crippen molar-refractivity contribution < 1.29 is 23.1 Å². The summed E-state index contributed by atoms with van der Waals surface area (Å²) in [7, 11) is 0. The molecule has 2 N–H and O–H groups in total.